The molecule has 0 radical (unpaired) electrons. The van der Waals surface area contributed by atoms with Gasteiger partial charge >= 0.3 is 0 Å². The third-order valence-corrected chi connectivity index (χ3v) is 3.06. The molecule has 0 amide bonds. The molecule has 0 saturated carbocycles. The van der Waals surface area contributed by atoms with Crippen molar-refractivity contribution in [3.05, 3.63) is 47.3 Å². The molecule has 0 bridgehead atoms. The van der Waals surface area contributed by atoms with Crippen LogP contribution in [0.25, 0.3) is 0 Å². The molecule has 4 nitrogen and oxygen atoms in total. The van der Waals surface area contributed by atoms with Crippen molar-refractivity contribution < 1.29 is 4.79 Å². The number of hydrogen-bond donors (Lipinski definition) is 2. The van der Waals surface area contributed by atoms with E-state index >= 15 is 0 Å². The monoisotopic (exact) mass is 255 g/mol. The van der Waals surface area contributed by atoms with Crippen molar-refractivity contribution in [3.8, 4) is 6.07 Å². The Balaban J connectivity index is 2.27. The molecule has 0 spiro atoms. The van der Waals surface area contributed by atoms with Crippen LogP contribution in [0.2, 0.25) is 0 Å². The minimum atomic E-state index is -0.00671. The van der Waals surface area contributed by atoms with E-state index < -0.39 is 0 Å². The predicted molar refractivity (Wildman–Crippen MR) is 73.3 cm³/mol. The first-order valence-electron chi connectivity index (χ1n) is 6.50. The molecule has 4 heteroatoms. The zero-order chi connectivity index (χ0) is 13.5. The van der Waals surface area contributed by atoms with Crippen LogP contribution in [0.15, 0.2) is 41.7 Å². The van der Waals surface area contributed by atoms with Crippen molar-refractivity contribution in [2.45, 2.75) is 19.3 Å². The molecule has 1 heterocycles. The van der Waals surface area contributed by atoms with Gasteiger partial charge in [-0.05, 0) is 12.8 Å². The van der Waals surface area contributed by atoms with Gasteiger partial charge in [-0.25, -0.2) is 0 Å². The number of rotatable bonds is 4. The fourth-order valence-electron chi connectivity index (χ4n) is 2.09. The molecule has 0 atom stereocenters. The number of nitrogens with zero attached hydrogens (tertiary/aromatic N) is 1. The summed E-state index contributed by atoms with van der Waals surface area (Å²) in [5.41, 5.74) is 1.34. The number of nitrogens with one attached hydrogen (secondary N) is 2. The maximum atomic E-state index is 12.5. The molecule has 0 aromatic heterocycles. The van der Waals surface area contributed by atoms with Gasteiger partial charge in [-0.3, -0.25) is 4.79 Å². The molecular formula is C15H17N3O. The lowest BCUT2D eigenvalue weighted by molar-refractivity contribution is 0.102. The maximum absolute atomic E-state index is 12.5. The summed E-state index contributed by atoms with van der Waals surface area (Å²) >= 11 is 0. The van der Waals surface area contributed by atoms with Gasteiger partial charge in [0.1, 0.15) is 5.82 Å². The fraction of sp³-hybridized carbons (Fsp3) is 0.333. The van der Waals surface area contributed by atoms with E-state index in [1.807, 2.05) is 18.2 Å². The molecule has 1 aliphatic heterocycles. The first-order chi connectivity index (χ1) is 9.33. The molecule has 0 unspecified atom stereocenters. The van der Waals surface area contributed by atoms with E-state index in [0.717, 1.165) is 25.3 Å². The zero-order valence-electron chi connectivity index (χ0n) is 10.8. The third kappa shape index (κ3) is 3.35. The van der Waals surface area contributed by atoms with E-state index in [1.54, 1.807) is 12.1 Å². The lowest BCUT2D eigenvalue weighted by atomic mass is 9.99. The van der Waals surface area contributed by atoms with Gasteiger partial charge < -0.3 is 10.6 Å². The molecule has 19 heavy (non-hydrogen) atoms. The second-order valence-corrected chi connectivity index (χ2v) is 4.41. The molecule has 98 valence electrons. The van der Waals surface area contributed by atoms with Crippen molar-refractivity contribution in [2.75, 3.05) is 13.1 Å². The normalized spacial score (nSPS) is 13.9. The highest BCUT2D eigenvalue weighted by Gasteiger charge is 2.18. The van der Waals surface area contributed by atoms with Gasteiger partial charge in [0.05, 0.1) is 6.07 Å². The van der Waals surface area contributed by atoms with E-state index in [0.29, 0.717) is 24.0 Å². The van der Waals surface area contributed by atoms with Gasteiger partial charge in [-0.15, -0.1) is 0 Å². The fourth-order valence-corrected chi connectivity index (χ4v) is 2.09. The number of hydrogen-bond acceptors (Lipinski definition) is 4. The highest BCUT2D eigenvalue weighted by molar-refractivity contribution is 6.09. The van der Waals surface area contributed by atoms with Gasteiger partial charge in [0.15, 0.2) is 5.78 Å². The smallest absolute Gasteiger partial charge is 0.192 e. The lowest BCUT2D eigenvalue weighted by Gasteiger charge is -2.22. The third-order valence-electron chi connectivity index (χ3n) is 3.06. The summed E-state index contributed by atoms with van der Waals surface area (Å²) in [4.78, 5) is 12.5. The lowest BCUT2D eigenvalue weighted by Crippen LogP contribution is -2.37. The summed E-state index contributed by atoms with van der Waals surface area (Å²) < 4.78 is 0. The molecule has 1 aromatic rings. The van der Waals surface area contributed by atoms with Crippen LogP contribution >= 0.6 is 0 Å². The quantitative estimate of drug-likeness (QED) is 0.637. The highest BCUT2D eigenvalue weighted by atomic mass is 16.1. The summed E-state index contributed by atoms with van der Waals surface area (Å²) in [5.74, 6) is 0.781. The average Bonchev–Trinajstić information content (AvgIpc) is 2.49. The highest BCUT2D eigenvalue weighted by Crippen LogP contribution is 2.16. The standard InChI is InChI=1S/C15H17N3O/c16-9-4-8-13(15-17-10-5-11-18-15)14(19)12-6-2-1-3-7-12/h1-3,6-7,17-18H,4-5,8,10-11H2. The van der Waals surface area contributed by atoms with Gasteiger partial charge in [0.25, 0.3) is 0 Å². The molecule has 1 aliphatic rings. The Labute approximate surface area is 113 Å². The van der Waals surface area contributed by atoms with Gasteiger partial charge in [0, 0.05) is 30.6 Å². The van der Waals surface area contributed by atoms with Gasteiger partial charge in [0.2, 0.25) is 0 Å². The van der Waals surface area contributed by atoms with Crippen LogP contribution in [0.1, 0.15) is 29.6 Å². The van der Waals surface area contributed by atoms with Crippen LogP contribution in [0.5, 0.6) is 0 Å². The first-order valence-corrected chi connectivity index (χ1v) is 6.50. The van der Waals surface area contributed by atoms with E-state index in [-0.39, 0.29) is 5.78 Å². The molecule has 0 aliphatic carbocycles. The van der Waals surface area contributed by atoms with E-state index in [4.69, 9.17) is 5.26 Å². The number of Topliss-reactive ketones (excluding diaryl/α,β-unsaturated/α-hetero) is 1. The second kappa shape index (κ2) is 6.60. The van der Waals surface area contributed by atoms with Crippen LogP contribution in [0.3, 0.4) is 0 Å². The average molecular weight is 255 g/mol. The van der Waals surface area contributed by atoms with Crippen molar-refractivity contribution in [3.63, 3.8) is 0 Å². The SMILES string of the molecule is N#CCCC(C(=O)c1ccccc1)=C1NCCCN1. The van der Waals surface area contributed by atoms with E-state index in [9.17, 15) is 4.79 Å². The van der Waals surface area contributed by atoms with Gasteiger partial charge in [-0.2, -0.15) is 5.26 Å². The van der Waals surface area contributed by atoms with Crippen LogP contribution in [-0.4, -0.2) is 18.9 Å². The van der Waals surface area contributed by atoms with Crippen molar-refractivity contribution in [1.29, 1.82) is 5.26 Å². The number of allylic oxidation sites excluding steroid dienone is 1. The summed E-state index contributed by atoms with van der Waals surface area (Å²) in [6.45, 7) is 1.72. The van der Waals surface area contributed by atoms with Gasteiger partial charge in [-0.1, -0.05) is 30.3 Å². The van der Waals surface area contributed by atoms with Crippen LogP contribution < -0.4 is 10.6 Å². The topological polar surface area (TPSA) is 64.9 Å². The summed E-state index contributed by atoms with van der Waals surface area (Å²) in [6.07, 6.45) is 1.86. The number of ketones is 1. The summed E-state index contributed by atoms with van der Waals surface area (Å²) in [5, 5.41) is 15.2. The summed E-state index contributed by atoms with van der Waals surface area (Å²) in [7, 11) is 0. The second-order valence-electron chi connectivity index (χ2n) is 4.41. The maximum Gasteiger partial charge on any atom is 0.192 e. The molecule has 1 saturated heterocycles. The number of carbonyl (C=O) groups is 1. The molecule has 2 N–H and O–H groups in total. The first kappa shape index (κ1) is 13.2. The predicted octanol–water partition coefficient (Wildman–Crippen LogP) is 1.97. The Bertz CT molecular complexity index is 506. The Hall–Kier alpha value is -2.28. The number of carbonyl (C=O) groups excluding carboxylic acids is 1. The van der Waals surface area contributed by atoms with E-state index in [1.165, 1.54) is 0 Å². The van der Waals surface area contributed by atoms with Crippen LogP contribution in [-0.2, 0) is 0 Å². The largest absolute Gasteiger partial charge is 0.371 e. The molecular weight excluding hydrogens is 238 g/mol. The molecule has 2 rings (SSSR count). The summed E-state index contributed by atoms with van der Waals surface area (Å²) in [6, 6.07) is 11.3. The number of benzene rings is 1. The molecule has 1 aromatic carbocycles. The minimum Gasteiger partial charge on any atom is -0.371 e. The Morgan fingerprint density at radius 2 is 1.89 bits per heavy atom. The van der Waals surface area contributed by atoms with Crippen molar-refractivity contribution in [1.82, 2.24) is 10.6 Å². The van der Waals surface area contributed by atoms with Crippen molar-refractivity contribution >= 4 is 5.78 Å². The van der Waals surface area contributed by atoms with Crippen LogP contribution in [0, 0.1) is 11.3 Å². The molecule has 1 fully saturated rings. The number of nitriles is 1. The van der Waals surface area contributed by atoms with Crippen LogP contribution in [0.4, 0.5) is 0 Å². The minimum absolute atomic E-state index is 0.00671. The van der Waals surface area contributed by atoms with E-state index in [2.05, 4.69) is 16.7 Å². The Morgan fingerprint density at radius 3 is 2.53 bits per heavy atom. The Morgan fingerprint density at radius 1 is 1.21 bits per heavy atom. The Kier molecular flexibility index (Phi) is 4.57. The zero-order valence-corrected chi connectivity index (χ0v) is 10.8. The van der Waals surface area contributed by atoms with Crippen molar-refractivity contribution in [2.24, 2.45) is 0 Å².